The molecule has 29 heavy (non-hydrogen) atoms. The Morgan fingerprint density at radius 2 is 1.69 bits per heavy atom. The van der Waals surface area contributed by atoms with E-state index < -0.39 is 6.04 Å². The van der Waals surface area contributed by atoms with E-state index in [-0.39, 0.29) is 30.2 Å². The van der Waals surface area contributed by atoms with Crippen LogP contribution in [0.4, 0.5) is 4.39 Å². The standard InChI is InChI=1S/C23H29FN2O2S/c1-17(2)25-23(28)18(3)26(15-20-11-7-8-12-21(20)24)22(27)13-14-29-16-19-9-5-4-6-10-19/h4-12,17-18H,13-16H2,1-3H3,(H,25,28)/t18-/m0/s1. The Kier molecular flexibility index (Phi) is 9.19. The van der Waals surface area contributed by atoms with Gasteiger partial charge in [-0.25, -0.2) is 4.39 Å². The highest BCUT2D eigenvalue weighted by Crippen LogP contribution is 2.17. The van der Waals surface area contributed by atoms with Crippen LogP contribution in [0.15, 0.2) is 54.6 Å². The summed E-state index contributed by atoms with van der Waals surface area (Å²) < 4.78 is 14.1. The van der Waals surface area contributed by atoms with Crippen LogP contribution in [-0.2, 0) is 21.9 Å². The van der Waals surface area contributed by atoms with E-state index in [9.17, 15) is 14.0 Å². The van der Waals surface area contributed by atoms with Gasteiger partial charge in [-0.05, 0) is 32.4 Å². The Bertz CT molecular complexity index is 798. The lowest BCUT2D eigenvalue weighted by Crippen LogP contribution is -2.49. The average Bonchev–Trinajstić information content (AvgIpc) is 2.70. The number of amides is 2. The lowest BCUT2D eigenvalue weighted by Gasteiger charge is -2.29. The first-order valence-corrected chi connectivity index (χ1v) is 11.0. The van der Waals surface area contributed by atoms with Gasteiger partial charge >= 0.3 is 0 Å². The predicted molar refractivity (Wildman–Crippen MR) is 117 cm³/mol. The Balaban J connectivity index is 2.01. The molecule has 1 atom stereocenters. The number of rotatable bonds is 10. The monoisotopic (exact) mass is 416 g/mol. The normalized spacial score (nSPS) is 11.9. The number of halogens is 1. The fourth-order valence-corrected chi connectivity index (χ4v) is 3.76. The van der Waals surface area contributed by atoms with Crippen LogP contribution in [0.1, 0.15) is 38.3 Å². The van der Waals surface area contributed by atoms with Crippen LogP contribution in [0.2, 0.25) is 0 Å². The topological polar surface area (TPSA) is 49.4 Å². The van der Waals surface area contributed by atoms with E-state index in [0.717, 1.165) is 5.75 Å². The van der Waals surface area contributed by atoms with E-state index in [1.54, 1.807) is 36.9 Å². The minimum atomic E-state index is -0.677. The number of benzene rings is 2. The zero-order chi connectivity index (χ0) is 21.2. The van der Waals surface area contributed by atoms with Gasteiger partial charge in [-0.15, -0.1) is 0 Å². The van der Waals surface area contributed by atoms with E-state index in [4.69, 9.17) is 0 Å². The van der Waals surface area contributed by atoms with Gasteiger partial charge in [-0.2, -0.15) is 11.8 Å². The minimum absolute atomic E-state index is 0.0307. The zero-order valence-electron chi connectivity index (χ0n) is 17.2. The van der Waals surface area contributed by atoms with Crippen molar-refractivity contribution in [2.24, 2.45) is 0 Å². The highest BCUT2D eigenvalue weighted by molar-refractivity contribution is 7.98. The lowest BCUT2D eigenvalue weighted by atomic mass is 10.1. The molecule has 1 N–H and O–H groups in total. The molecule has 0 bridgehead atoms. The van der Waals surface area contributed by atoms with E-state index in [0.29, 0.717) is 17.7 Å². The molecule has 0 unspecified atom stereocenters. The third-order valence-corrected chi connectivity index (χ3v) is 5.50. The molecule has 2 amide bonds. The Morgan fingerprint density at radius 3 is 2.34 bits per heavy atom. The average molecular weight is 417 g/mol. The van der Waals surface area contributed by atoms with E-state index in [1.807, 2.05) is 32.0 Å². The number of nitrogens with zero attached hydrogens (tertiary/aromatic N) is 1. The van der Waals surface area contributed by atoms with E-state index >= 15 is 0 Å². The van der Waals surface area contributed by atoms with Crippen LogP contribution in [-0.4, -0.2) is 34.6 Å². The zero-order valence-corrected chi connectivity index (χ0v) is 18.0. The molecule has 4 nitrogen and oxygen atoms in total. The molecule has 156 valence electrons. The number of nitrogens with one attached hydrogen (secondary N) is 1. The molecule has 0 aliphatic carbocycles. The maximum atomic E-state index is 14.1. The smallest absolute Gasteiger partial charge is 0.242 e. The van der Waals surface area contributed by atoms with Gasteiger partial charge in [0.1, 0.15) is 11.9 Å². The summed E-state index contributed by atoms with van der Waals surface area (Å²) in [4.78, 5) is 26.9. The second-order valence-corrected chi connectivity index (χ2v) is 8.35. The Hall–Kier alpha value is -2.34. The molecule has 0 saturated heterocycles. The first-order chi connectivity index (χ1) is 13.9. The fourth-order valence-electron chi connectivity index (χ4n) is 2.87. The molecule has 0 aliphatic rings. The van der Waals surface area contributed by atoms with Gasteiger partial charge in [-0.1, -0.05) is 48.5 Å². The first-order valence-electron chi connectivity index (χ1n) is 9.83. The third kappa shape index (κ3) is 7.54. The Morgan fingerprint density at radius 1 is 1.03 bits per heavy atom. The second kappa shape index (κ2) is 11.6. The van der Waals surface area contributed by atoms with Gasteiger partial charge in [0, 0.05) is 36.1 Å². The van der Waals surface area contributed by atoms with Crippen molar-refractivity contribution in [2.75, 3.05) is 5.75 Å². The number of carbonyl (C=O) groups excluding carboxylic acids is 2. The van der Waals surface area contributed by atoms with Crippen molar-refractivity contribution in [3.63, 3.8) is 0 Å². The molecule has 0 saturated carbocycles. The molecule has 0 spiro atoms. The van der Waals surface area contributed by atoms with Gasteiger partial charge < -0.3 is 10.2 Å². The van der Waals surface area contributed by atoms with Gasteiger partial charge in [0.15, 0.2) is 0 Å². The SMILES string of the molecule is CC(C)NC(=O)[C@H](C)N(Cc1ccccc1F)C(=O)CCSCc1ccccc1. The third-order valence-electron chi connectivity index (χ3n) is 4.47. The molecule has 2 rings (SSSR count). The van der Waals surface area contributed by atoms with Gasteiger partial charge in [0.05, 0.1) is 0 Å². The predicted octanol–water partition coefficient (Wildman–Crippen LogP) is 4.39. The lowest BCUT2D eigenvalue weighted by molar-refractivity contribution is -0.140. The van der Waals surface area contributed by atoms with Crippen LogP contribution >= 0.6 is 11.8 Å². The number of hydrogen-bond acceptors (Lipinski definition) is 3. The quantitative estimate of drug-likeness (QED) is 0.585. The van der Waals surface area contributed by atoms with Crippen molar-refractivity contribution >= 4 is 23.6 Å². The van der Waals surface area contributed by atoms with Crippen LogP contribution in [0, 0.1) is 5.82 Å². The second-order valence-electron chi connectivity index (χ2n) is 7.24. The van der Waals surface area contributed by atoms with Crippen molar-refractivity contribution in [1.29, 1.82) is 0 Å². The van der Waals surface area contributed by atoms with Crippen LogP contribution in [0.3, 0.4) is 0 Å². The van der Waals surface area contributed by atoms with Crippen molar-refractivity contribution in [2.45, 2.75) is 51.6 Å². The van der Waals surface area contributed by atoms with Crippen LogP contribution < -0.4 is 5.32 Å². The summed E-state index contributed by atoms with van der Waals surface area (Å²) in [6.45, 7) is 5.50. The molecule has 2 aromatic rings. The summed E-state index contributed by atoms with van der Waals surface area (Å²) in [5, 5.41) is 2.84. The molecule has 0 heterocycles. The van der Waals surface area contributed by atoms with Crippen molar-refractivity contribution in [3.05, 3.63) is 71.5 Å². The summed E-state index contributed by atoms with van der Waals surface area (Å²) in [6, 6.07) is 15.7. The summed E-state index contributed by atoms with van der Waals surface area (Å²) in [7, 11) is 0. The van der Waals surface area contributed by atoms with E-state index in [2.05, 4.69) is 17.4 Å². The van der Waals surface area contributed by atoms with Crippen molar-refractivity contribution in [1.82, 2.24) is 10.2 Å². The van der Waals surface area contributed by atoms with Gasteiger partial charge in [-0.3, -0.25) is 9.59 Å². The van der Waals surface area contributed by atoms with Crippen LogP contribution in [0.25, 0.3) is 0 Å². The van der Waals surface area contributed by atoms with Crippen molar-refractivity contribution < 1.29 is 14.0 Å². The van der Waals surface area contributed by atoms with Gasteiger partial charge in [0.2, 0.25) is 11.8 Å². The summed E-state index contributed by atoms with van der Waals surface area (Å²) >= 11 is 1.67. The molecule has 6 heteroatoms. The fraction of sp³-hybridized carbons (Fsp3) is 0.391. The maximum Gasteiger partial charge on any atom is 0.242 e. The summed E-state index contributed by atoms with van der Waals surface area (Å²) in [6.07, 6.45) is 0.297. The number of carbonyl (C=O) groups is 2. The van der Waals surface area contributed by atoms with Gasteiger partial charge in [0.25, 0.3) is 0 Å². The Labute approximate surface area is 176 Å². The molecule has 0 fully saturated rings. The highest BCUT2D eigenvalue weighted by atomic mass is 32.2. The van der Waals surface area contributed by atoms with E-state index in [1.165, 1.54) is 16.5 Å². The molecular formula is C23H29FN2O2S. The molecular weight excluding hydrogens is 387 g/mol. The van der Waals surface area contributed by atoms with Crippen LogP contribution in [0.5, 0.6) is 0 Å². The first kappa shape index (κ1) is 22.9. The summed E-state index contributed by atoms with van der Waals surface area (Å²) in [5.41, 5.74) is 1.61. The maximum absolute atomic E-state index is 14.1. The number of hydrogen-bond donors (Lipinski definition) is 1. The van der Waals surface area contributed by atoms with Crippen molar-refractivity contribution in [3.8, 4) is 0 Å². The minimum Gasteiger partial charge on any atom is -0.352 e. The molecule has 0 aromatic heterocycles. The molecule has 0 aliphatic heterocycles. The highest BCUT2D eigenvalue weighted by Gasteiger charge is 2.26. The molecule has 0 radical (unpaired) electrons. The largest absolute Gasteiger partial charge is 0.352 e. The summed E-state index contributed by atoms with van der Waals surface area (Å²) in [5.74, 6) is 0.701. The number of thioether (sulfide) groups is 1. The molecule has 2 aromatic carbocycles.